The highest BCUT2D eigenvalue weighted by Gasteiger charge is 2.29. The number of likely N-dealkylation sites (tertiary alicyclic amines) is 1. The van der Waals surface area contributed by atoms with E-state index in [1.165, 1.54) is 22.6 Å². The third-order valence-corrected chi connectivity index (χ3v) is 4.20. The van der Waals surface area contributed by atoms with Crippen LogP contribution in [0.4, 0.5) is 5.69 Å². The van der Waals surface area contributed by atoms with Crippen molar-refractivity contribution < 1.29 is 9.59 Å². The number of hydrogen-bond acceptors (Lipinski definition) is 3. The number of rotatable bonds is 3. The summed E-state index contributed by atoms with van der Waals surface area (Å²) in [7, 11) is 0. The number of anilines is 1. The third kappa shape index (κ3) is 2.55. The van der Waals surface area contributed by atoms with E-state index in [9.17, 15) is 9.59 Å². The van der Waals surface area contributed by atoms with Crippen molar-refractivity contribution in [3.63, 3.8) is 0 Å². The number of para-hydroxylation sites is 1. The Morgan fingerprint density at radius 1 is 0.900 bits per heavy atom. The maximum absolute atomic E-state index is 11.7. The summed E-state index contributed by atoms with van der Waals surface area (Å²) in [5.74, 6) is -0.0313. The molecule has 1 aromatic rings. The van der Waals surface area contributed by atoms with Gasteiger partial charge in [-0.25, -0.2) is 0 Å². The maximum atomic E-state index is 11.7. The quantitative estimate of drug-likeness (QED) is 0.790. The molecule has 0 spiro atoms. The van der Waals surface area contributed by atoms with E-state index in [1.807, 2.05) is 0 Å². The first-order chi connectivity index (χ1) is 9.75. The normalized spacial score (nSPS) is 19.2. The first-order valence-electron chi connectivity index (χ1n) is 7.42. The van der Waals surface area contributed by atoms with Gasteiger partial charge in [0.1, 0.15) is 0 Å². The van der Waals surface area contributed by atoms with Crippen molar-refractivity contribution in [2.45, 2.75) is 32.1 Å². The zero-order chi connectivity index (χ0) is 13.9. The van der Waals surface area contributed by atoms with Gasteiger partial charge < -0.3 is 4.90 Å². The molecule has 1 saturated heterocycles. The topological polar surface area (TPSA) is 40.6 Å². The molecule has 0 aliphatic carbocycles. The fourth-order valence-electron chi connectivity index (χ4n) is 3.09. The van der Waals surface area contributed by atoms with Gasteiger partial charge in [0.05, 0.1) is 0 Å². The van der Waals surface area contributed by atoms with Crippen molar-refractivity contribution in [1.29, 1.82) is 0 Å². The maximum Gasteiger partial charge on any atom is 0.229 e. The van der Waals surface area contributed by atoms with Crippen molar-refractivity contribution in [3.05, 3.63) is 29.8 Å². The van der Waals surface area contributed by atoms with Crippen molar-refractivity contribution in [2.75, 3.05) is 24.5 Å². The molecule has 0 aromatic heterocycles. The standard InChI is InChI=1S/C16H20N2O2/c19-15-8-9-16(20)18(15)12-11-17-10-4-3-6-13-5-1-2-7-14(13)17/h1-2,5,7H,3-4,6,8-12H2. The van der Waals surface area contributed by atoms with Crippen LogP contribution < -0.4 is 4.90 Å². The highest BCUT2D eigenvalue weighted by Crippen LogP contribution is 2.26. The molecule has 0 N–H and O–H groups in total. The largest absolute Gasteiger partial charge is 0.370 e. The van der Waals surface area contributed by atoms with Crippen LogP contribution in [0.5, 0.6) is 0 Å². The minimum Gasteiger partial charge on any atom is -0.370 e. The van der Waals surface area contributed by atoms with E-state index in [4.69, 9.17) is 0 Å². The first kappa shape index (κ1) is 13.2. The molecule has 4 nitrogen and oxygen atoms in total. The van der Waals surface area contributed by atoms with Gasteiger partial charge in [0, 0.05) is 38.2 Å². The Morgan fingerprint density at radius 2 is 1.65 bits per heavy atom. The fourth-order valence-corrected chi connectivity index (χ4v) is 3.09. The lowest BCUT2D eigenvalue weighted by Crippen LogP contribution is -2.38. The molecule has 0 radical (unpaired) electrons. The summed E-state index contributed by atoms with van der Waals surface area (Å²) in [5.41, 5.74) is 2.65. The average Bonchev–Trinajstić information content (AvgIpc) is 2.67. The SMILES string of the molecule is O=C1CCC(=O)N1CCN1CCCCc2ccccc21. The molecular weight excluding hydrogens is 252 g/mol. The molecule has 4 heteroatoms. The number of nitrogens with zero attached hydrogens (tertiary/aromatic N) is 2. The molecule has 2 aliphatic rings. The number of carbonyl (C=O) groups excluding carboxylic acids is 2. The minimum atomic E-state index is -0.0156. The average molecular weight is 272 g/mol. The molecule has 106 valence electrons. The Labute approximate surface area is 119 Å². The monoisotopic (exact) mass is 272 g/mol. The van der Waals surface area contributed by atoms with Gasteiger partial charge in [-0.3, -0.25) is 14.5 Å². The summed E-state index contributed by atoms with van der Waals surface area (Å²) in [5, 5.41) is 0. The molecule has 0 saturated carbocycles. The number of carbonyl (C=O) groups is 2. The molecule has 2 heterocycles. The molecular formula is C16H20N2O2. The second-order valence-electron chi connectivity index (χ2n) is 5.51. The van der Waals surface area contributed by atoms with Gasteiger partial charge in [-0.1, -0.05) is 18.2 Å². The van der Waals surface area contributed by atoms with Crippen LogP contribution in [-0.2, 0) is 16.0 Å². The summed E-state index contributed by atoms with van der Waals surface area (Å²) < 4.78 is 0. The van der Waals surface area contributed by atoms with E-state index in [1.54, 1.807) is 0 Å². The highest BCUT2D eigenvalue weighted by atomic mass is 16.2. The van der Waals surface area contributed by atoms with Crippen molar-refractivity contribution >= 4 is 17.5 Å². The van der Waals surface area contributed by atoms with Crippen molar-refractivity contribution in [3.8, 4) is 0 Å². The number of amides is 2. The van der Waals surface area contributed by atoms with Crippen LogP contribution in [0.3, 0.4) is 0 Å². The van der Waals surface area contributed by atoms with E-state index >= 15 is 0 Å². The molecule has 0 atom stereocenters. The Morgan fingerprint density at radius 3 is 2.45 bits per heavy atom. The van der Waals surface area contributed by atoms with Crippen LogP contribution in [0, 0.1) is 0 Å². The summed E-state index contributed by atoms with van der Waals surface area (Å²) >= 11 is 0. The van der Waals surface area contributed by atoms with Gasteiger partial charge in [-0.15, -0.1) is 0 Å². The molecule has 2 amide bonds. The van der Waals surface area contributed by atoms with Gasteiger partial charge in [0.15, 0.2) is 0 Å². The van der Waals surface area contributed by atoms with E-state index in [-0.39, 0.29) is 11.8 Å². The molecule has 0 bridgehead atoms. The molecule has 1 aromatic carbocycles. The summed E-state index contributed by atoms with van der Waals surface area (Å²) in [6.07, 6.45) is 4.25. The van der Waals surface area contributed by atoms with Crippen LogP contribution in [-0.4, -0.2) is 36.3 Å². The lowest BCUT2D eigenvalue weighted by molar-refractivity contribution is -0.138. The van der Waals surface area contributed by atoms with Gasteiger partial charge in [-0.2, -0.15) is 0 Å². The first-order valence-corrected chi connectivity index (χ1v) is 7.42. The van der Waals surface area contributed by atoms with Crippen LogP contribution >= 0.6 is 0 Å². The second kappa shape index (κ2) is 5.65. The molecule has 0 unspecified atom stereocenters. The summed E-state index contributed by atoms with van der Waals surface area (Å²) in [4.78, 5) is 27.1. The summed E-state index contributed by atoms with van der Waals surface area (Å²) in [6.45, 7) is 2.27. The van der Waals surface area contributed by atoms with Crippen LogP contribution in [0.1, 0.15) is 31.2 Å². The Balaban J connectivity index is 1.71. The lowest BCUT2D eigenvalue weighted by atomic mass is 10.1. The Kier molecular flexibility index (Phi) is 3.72. The Bertz CT molecular complexity index is 511. The van der Waals surface area contributed by atoms with Gasteiger partial charge in [0.2, 0.25) is 11.8 Å². The smallest absolute Gasteiger partial charge is 0.229 e. The van der Waals surface area contributed by atoms with E-state index in [2.05, 4.69) is 29.2 Å². The number of hydrogen-bond donors (Lipinski definition) is 0. The molecule has 2 aliphatic heterocycles. The van der Waals surface area contributed by atoms with E-state index in [0.29, 0.717) is 19.4 Å². The Hall–Kier alpha value is -1.84. The third-order valence-electron chi connectivity index (χ3n) is 4.20. The zero-order valence-corrected chi connectivity index (χ0v) is 11.7. The second-order valence-corrected chi connectivity index (χ2v) is 5.51. The van der Waals surface area contributed by atoms with E-state index < -0.39 is 0 Å². The molecule has 1 fully saturated rings. The van der Waals surface area contributed by atoms with Crippen LogP contribution in [0.25, 0.3) is 0 Å². The van der Waals surface area contributed by atoms with Crippen molar-refractivity contribution in [2.24, 2.45) is 0 Å². The van der Waals surface area contributed by atoms with E-state index in [0.717, 1.165) is 25.9 Å². The van der Waals surface area contributed by atoms with Crippen molar-refractivity contribution in [1.82, 2.24) is 4.90 Å². The van der Waals surface area contributed by atoms with Gasteiger partial charge >= 0.3 is 0 Å². The highest BCUT2D eigenvalue weighted by molar-refractivity contribution is 6.01. The predicted molar refractivity (Wildman–Crippen MR) is 77.5 cm³/mol. The summed E-state index contributed by atoms with van der Waals surface area (Å²) in [6, 6.07) is 8.47. The fraction of sp³-hybridized carbons (Fsp3) is 0.500. The van der Waals surface area contributed by atoms with Crippen LogP contribution in [0.2, 0.25) is 0 Å². The predicted octanol–water partition coefficient (Wildman–Crippen LogP) is 1.98. The molecule has 3 rings (SSSR count). The number of fused-ring (bicyclic) bond motifs is 1. The number of imide groups is 1. The molecule has 20 heavy (non-hydrogen) atoms. The van der Waals surface area contributed by atoms with Crippen LogP contribution in [0.15, 0.2) is 24.3 Å². The zero-order valence-electron chi connectivity index (χ0n) is 11.7. The minimum absolute atomic E-state index is 0.0156. The number of benzene rings is 1. The van der Waals surface area contributed by atoms with Gasteiger partial charge in [0.25, 0.3) is 0 Å². The number of aryl methyl sites for hydroxylation is 1. The van der Waals surface area contributed by atoms with Gasteiger partial charge in [-0.05, 0) is 30.9 Å². The lowest BCUT2D eigenvalue weighted by Gasteiger charge is -2.27.